The van der Waals surface area contributed by atoms with Crippen molar-refractivity contribution in [2.45, 2.75) is 13.0 Å². The zero-order valence-corrected chi connectivity index (χ0v) is 13.3. The maximum atomic E-state index is 12.3. The van der Waals surface area contributed by atoms with Crippen LogP contribution in [0.15, 0.2) is 24.5 Å². The molecule has 0 saturated heterocycles. The number of carbonyl (C=O) groups is 2. The van der Waals surface area contributed by atoms with Gasteiger partial charge in [-0.15, -0.1) is 0 Å². The molecule has 9 nitrogen and oxygen atoms in total. The molecule has 0 unspecified atom stereocenters. The lowest BCUT2D eigenvalue weighted by atomic mass is 10.0. The second kappa shape index (κ2) is 6.57. The van der Waals surface area contributed by atoms with Gasteiger partial charge in [0.2, 0.25) is 17.8 Å². The highest BCUT2D eigenvalue weighted by atomic mass is 16.5. The number of benzene rings is 1. The second-order valence-electron chi connectivity index (χ2n) is 5.31. The Labute approximate surface area is 138 Å². The van der Waals surface area contributed by atoms with Crippen molar-refractivity contribution in [3.63, 3.8) is 0 Å². The van der Waals surface area contributed by atoms with Crippen molar-refractivity contribution < 1.29 is 19.1 Å². The van der Waals surface area contributed by atoms with Crippen LogP contribution in [-0.2, 0) is 16.1 Å². The summed E-state index contributed by atoms with van der Waals surface area (Å²) in [6, 6.07) is 5.06. The minimum absolute atomic E-state index is 0.0324. The number of nitrogens with one attached hydrogen (secondary N) is 2. The molecule has 2 heterocycles. The molecule has 1 aliphatic rings. The number of hydrogen-bond donors (Lipinski definition) is 2. The van der Waals surface area contributed by atoms with Crippen molar-refractivity contribution in [3.05, 3.63) is 24.5 Å². The van der Waals surface area contributed by atoms with Gasteiger partial charge in [-0.1, -0.05) is 0 Å². The monoisotopic (exact) mass is 331 g/mol. The van der Waals surface area contributed by atoms with Gasteiger partial charge in [-0.25, -0.2) is 4.68 Å². The fraction of sp³-hybridized carbons (Fsp3) is 0.333. The standard InChI is InChI=1S/C15H17N5O4/c1-23-11-4-10(5-12(6-11)24-2)18-13(21)3-9-7-20-15(16-8-17-20)19-14(9)22/h4-6,8-9H,3,7H2,1-2H3,(H,18,21)(H,16,17,19,22)/t9-/m1/s1. The number of rotatable bonds is 5. The summed E-state index contributed by atoms with van der Waals surface area (Å²) >= 11 is 0. The first-order valence-corrected chi connectivity index (χ1v) is 7.30. The van der Waals surface area contributed by atoms with Crippen molar-refractivity contribution in [1.29, 1.82) is 0 Å². The van der Waals surface area contributed by atoms with E-state index in [-0.39, 0.29) is 18.2 Å². The van der Waals surface area contributed by atoms with Gasteiger partial charge in [-0.05, 0) is 0 Å². The largest absolute Gasteiger partial charge is 0.497 e. The number of carbonyl (C=O) groups excluding carboxylic acids is 2. The summed E-state index contributed by atoms with van der Waals surface area (Å²) in [7, 11) is 3.06. The van der Waals surface area contributed by atoms with Gasteiger partial charge >= 0.3 is 0 Å². The fourth-order valence-corrected chi connectivity index (χ4v) is 2.47. The van der Waals surface area contributed by atoms with Gasteiger partial charge in [0.1, 0.15) is 17.8 Å². The quantitative estimate of drug-likeness (QED) is 0.842. The summed E-state index contributed by atoms with van der Waals surface area (Å²) in [6.45, 7) is 0.315. The van der Waals surface area contributed by atoms with Gasteiger partial charge in [-0.3, -0.25) is 14.9 Å². The highest BCUT2D eigenvalue weighted by Gasteiger charge is 2.29. The molecule has 1 aromatic carbocycles. The number of fused-ring (bicyclic) bond motifs is 1. The maximum absolute atomic E-state index is 12.3. The summed E-state index contributed by atoms with van der Waals surface area (Å²) in [4.78, 5) is 28.2. The number of hydrogen-bond acceptors (Lipinski definition) is 6. The van der Waals surface area contributed by atoms with Crippen LogP contribution in [-0.4, -0.2) is 40.8 Å². The van der Waals surface area contributed by atoms with E-state index in [1.54, 1.807) is 22.9 Å². The molecule has 0 saturated carbocycles. The van der Waals surface area contributed by atoms with Crippen molar-refractivity contribution in [3.8, 4) is 11.5 Å². The summed E-state index contributed by atoms with van der Waals surface area (Å²) < 4.78 is 11.9. The average Bonchev–Trinajstić information content (AvgIpc) is 3.01. The molecular formula is C15H17N5O4. The van der Waals surface area contributed by atoms with E-state index in [0.29, 0.717) is 29.7 Å². The molecule has 3 rings (SSSR count). The first-order chi connectivity index (χ1) is 11.6. The number of aromatic nitrogens is 3. The number of methoxy groups -OCH3 is 2. The van der Waals surface area contributed by atoms with Crippen LogP contribution in [0, 0.1) is 5.92 Å². The molecule has 24 heavy (non-hydrogen) atoms. The lowest BCUT2D eigenvalue weighted by molar-refractivity contribution is -0.125. The molecule has 1 atom stereocenters. The van der Waals surface area contributed by atoms with Crippen molar-refractivity contribution in [2.24, 2.45) is 5.92 Å². The van der Waals surface area contributed by atoms with Gasteiger partial charge in [0.15, 0.2) is 0 Å². The molecule has 1 aromatic heterocycles. The van der Waals surface area contributed by atoms with Crippen LogP contribution in [0.1, 0.15) is 6.42 Å². The third-order valence-corrected chi connectivity index (χ3v) is 3.68. The first kappa shape index (κ1) is 15.8. The molecule has 2 N–H and O–H groups in total. The van der Waals surface area contributed by atoms with Crippen molar-refractivity contribution in [1.82, 2.24) is 14.8 Å². The second-order valence-corrected chi connectivity index (χ2v) is 5.31. The SMILES string of the molecule is COc1cc(NC(=O)C[C@@H]2Cn3ncnc3NC2=O)cc(OC)c1. The third kappa shape index (κ3) is 3.29. The molecule has 1 aliphatic heterocycles. The van der Waals surface area contributed by atoms with E-state index in [1.165, 1.54) is 20.5 Å². The average molecular weight is 331 g/mol. The number of anilines is 2. The minimum atomic E-state index is -0.508. The molecule has 2 aromatic rings. The summed E-state index contributed by atoms with van der Waals surface area (Å²) in [5.74, 6) is 0.489. The van der Waals surface area contributed by atoms with E-state index in [4.69, 9.17) is 9.47 Å². The Balaban J connectivity index is 1.67. The first-order valence-electron chi connectivity index (χ1n) is 7.30. The Morgan fingerprint density at radius 3 is 2.71 bits per heavy atom. The minimum Gasteiger partial charge on any atom is -0.497 e. The zero-order chi connectivity index (χ0) is 17.1. The van der Waals surface area contributed by atoms with Crippen molar-refractivity contribution >= 4 is 23.5 Å². The maximum Gasteiger partial charge on any atom is 0.232 e. The number of nitrogens with zero attached hydrogens (tertiary/aromatic N) is 3. The Hall–Kier alpha value is -3.10. The van der Waals surface area contributed by atoms with Gasteiger partial charge in [0.25, 0.3) is 0 Å². The van der Waals surface area contributed by atoms with Crippen LogP contribution < -0.4 is 20.1 Å². The molecule has 0 bridgehead atoms. The normalized spacial score (nSPS) is 16.1. The van der Waals surface area contributed by atoms with E-state index in [2.05, 4.69) is 20.7 Å². The van der Waals surface area contributed by atoms with E-state index in [1.807, 2.05) is 0 Å². The highest BCUT2D eigenvalue weighted by Crippen LogP contribution is 2.26. The van der Waals surface area contributed by atoms with E-state index < -0.39 is 5.92 Å². The Morgan fingerprint density at radius 2 is 2.04 bits per heavy atom. The lowest BCUT2D eigenvalue weighted by Gasteiger charge is -2.21. The fourth-order valence-electron chi connectivity index (χ4n) is 2.47. The van der Waals surface area contributed by atoms with Crippen molar-refractivity contribution in [2.75, 3.05) is 24.9 Å². The topological polar surface area (TPSA) is 107 Å². The molecule has 126 valence electrons. The van der Waals surface area contributed by atoms with Gasteiger partial charge < -0.3 is 14.8 Å². The smallest absolute Gasteiger partial charge is 0.232 e. The van der Waals surface area contributed by atoms with E-state index in [0.717, 1.165) is 0 Å². The number of ether oxygens (including phenoxy) is 2. The van der Waals surface area contributed by atoms with Crippen LogP contribution in [0.3, 0.4) is 0 Å². The van der Waals surface area contributed by atoms with Crippen LogP contribution in [0.4, 0.5) is 11.6 Å². The Kier molecular flexibility index (Phi) is 4.32. The lowest BCUT2D eigenvalue weighted by Crippen LogP contribution is -2.36. The van der Waals surface area contributed by atoms with E-state index in [9.17, 15) is 9.59 Å². The van der Waals surface area contributed by atoms with Crippen LogP contribution in [0.5, 0.6) is 11.5 Å². The molecule has 0 spiro atoms. The van der Waals surface area contributed by atoms with Gasteiger partial charge in [0.05, 0.1) is 26.7 Å². The zero-order valence-electron chi connectivity index (χ0n) is 13.3. The van der Waals surface area contributed by atoms with Gasteiger partial charge in [0, 0.05) is 30.3 Å². The van der Waals surface area contributed by atoms with Gasteiger partial charge in [-0.2, -0.15) is 10.1 Å². The third-order valence-electron chi connectivity index (χ3n) is 3.68. The molecule has 0 radical (unpaired) electrons. The predicted octanol–water partition coefficient (Wildman–Crippen LogP) is 0.892. The van der Waals surface area contributed by atoms with Crippen LogP contribution in [0.2, 0.25) is 0 Å². The molecule has 0 fully saturated rings. The summed E-state index contributed by atoms with van der Waals surface area (Å²) in [5.41, 5.74) is 0.536. The highest BCUT2D eigenvalue weighted by molar-refractivity contribution is 5.98. The Bertz CT molecular complexity index is 751. The molecule has 2 amide bonds. The van der Waals surface area contributed by atoms with Crippen LogP contribution in [0.25, 0.3) is 0 Å². The molecule has 9 heteroatoms. The number of amides is 2. The molecule has 0 aliphatic carbocycles. The van der Waals surface area contributed by atoms with E-state index >= 15 is 0 Å². The summed E-state index contributed by atoms with van der Waals surface area (Å²) in [5, 5.41) is 9.38. The van der Waals surface area contributed by atoms with Crippen LogP contribution >= 0.6 is 0 Å². The Morgan fingerprint density at radius 1 is 1.33 bits per heavy atom. The predicted molar refractivity (Wildman–Crippen MR) is 84.9 cm³/mol. The summed E-state index contributed by atoms with van der Waals surface area (Å²) in [6.07, 6.45) is 1.39. The molecular weight excluding hydrogens is 314 g/mol.